The summed E-state index contributed by atoms with van der Waals surface area (Å²) < 4.78 is 0.655. The van der Waals surface area contributed by atoms with Gasteiger partial charge in [0.25, 0.3) is 0 Å². The van der Waals surface area contributed by atoms with Crippen LogP contribution in [-0.2, 0) is 0 Å². The second kappa shape index (κ2) is 8.09. The molecule has 0 radical (unpaired) electrons. The van der Waals surface area contributed by atoms with E-state index in [1.54, 1.807) is 0 Å². The predicted molar refractivity (Wildman–Crippen MR) is 93.5 cm³/mol. The van der Waals surface area contributed by atoms with Crippen LogP contribution < -0.4 is 5.32 Å². The average molecular weight is 319 g/mol. The smallest absolute Gasteiger partial charge is 0.173 e. The molecule has 0 aromatic heterocycles. The zero-order valence-corrected chi connectivity index (χ0v) is 13.1. The standard InChI is InChI=1S/C15H13NOS3/c17-14(12-7-3-1-4-8-12)11-19-20-15(18)16-13-9-5-2-6-10-13/h1-10H,11H2,(H,16,18). The normalized spacial score (nSPS) is 10.0. The molecule has 0 bridgehead atoms. The first kappa shape index (κ1) is 15.1. The molecule has 0 atom stereocenters. The van der Waals surface area contributed by atoms with E-state index in [2.05, 4.69) is 5.32 Å². The van der Waals surface area contributed by atoms with Crippen molar-refractivity contribution in [2.45, 2.75) is 0 Å². The monoisotopic (exact) mass is 319 g/mol. The summed E-state index contributed by atoms with van der Waals surface area (Å²) in [6, 6.07) is 19.0. The lowest BCUT2D eigenvalue weighted by atomic mass is 10.2. The Kier molecular flexibility index (Phi) is 6.11. The Morgan fingerprint density at radius 1 is 1.00 bits per heavy atom. The molecule has 0 fully saturated rings. The molecule has 0 saturated heterocycles. The summed E-state index contributed by atoms with van der Waals surface area (Å²) in [6.07, 6.45) is 0. The van der Waals surface area contributed by atoms with Crippen molar-refractivity contribution in [3.8, 4) is 0 Å². The average Bonchev–Trinajstić information content (AvgIpc) is 2.49. The number of Topliss-reactive ketones (excluding diaryl/α,β-unsaturated/α-hetero) is 1. The summed E-state index contributed by atoms with van der Waals surface area (Å²) in [5, 5.41) is 3.12. The molecule has 2 nitrogen and oxygen atoms in total. The first-order valence-electron chi connectivity index (χ1n) is 5.99. The highest BCUT2D eigenvalue weighted by atomic mass is 33.1. The number of carbonyl (C=O) groups is 1. The Balaban J connectivity index is 1.73. The zero-order valence-electron chi connectivity index (χ0n) is 10.6. The van der Waals surface area contributed by atoms with Gasteiger partial charge < -0.3 is 5.32 Å². The van der Waals surface area contributed by atoms with Gasteiger partial charge in [0.05, 0.1) is 5.75 Å². The third-order valence-corrected chi connectivity index (χ3v) is 5.07. The van der Waals surface area contributed by atoms with Gasteiger partial charge in [0.2, 0.25) is 0 Å². The van der Waals surface area contributed by atoms with Gasteiger partial charge in [-0.1, -0.05) is 71.5 Å². The van der Waals surface area contributed by atoms with Crippen LogP contribution in [0.3, 0.4) is 0 Å². The molecule has 0 amide bonds. The van der Waals surface area contributed by atoms with E-state index in [1.807, 2.05) is 60.7 Å². The van der Waals surface area contributed by atoms with Crippen molar-refractivity contribution in [1.82, 2.24) is 0 Å². The van der Waals surface area contributed by atoms with Gasteiger partial charge in [-0.15, -0.1) is 0 Å². The molecule has 0 aliphatic carbocycles. The summed E-state index contributed by atoms with van der Waals surface area (Å²) in [7, 11) is 2.86. The molecule has 1 N–H and O–H groups in total. The number of carbonyl (C=O) groups excluding carboxylic acids is 1. The highest BCUT2D eigenvalue weighted by Gasteiger charge is 2.06. The third kappa shape index (κ3) is 5.00. The lowest BCUT2D eigenvalue weighted by molar-refractivity contribution is 0.102. The van der Waals surface area contributed by atoms with Gasteiger partial charge in [0.1, 0.15) is 4.32 Å². The Labute approximate surface area is 131 Å². The van der Waals surface area contributed by atoms with Crippen LogP contribution in [0.1, 0.15) is 10.4 Å². The van der Waals surface area contributed by atoms with Crippen molar-refractivity contribution in [1.29, 1.82) is 0 Å². The highest BCUT2D eigenvalue weighted by molar-refractivity contribution is 8.83. The molecule has 0 aliphatic rings. The largest absolute Gasteiger partial charge is 0.340 e. The summed E-state index contributed by atoms with van der Waals surface area (Å²) in [5.41, 5.74) is 1.70. The van der Waals surface area contributed by atoms with E-state index < -0.39 is 0 Å². The lowest BCUT2D eigenvalue weighted by Crippen LogP contribution is -2.05. The molecule has 102 valence electrons. The first-order chi connectivity index (χ1) is 9.75. The minimum Gasteiger partial charge on any atom is -0.340 e. The Morgan fingerprint density at radius 2 is 1.60 bits per heavy atom. The number of hydrogen-bond acceptors (Lipinski definition) is 4. The van der Waals surface area contributed by atoms with E-state index in [-0.39, 0.29) is 5.78 Å². The van der Waals surface area contributed by atoms with E-state index in [4.69, 9.17) is 12.2 Å². The fraction of sp³-hybridized carbons (Fsp3) is 0.0667. The van der Waals surface area contributed by atoms with Crippen LogP contribution in [0, 0.1) is 0 Å². The summed E-state index contributed by atoms with van der Waals surface area (Å²) in [4.78, 5) is 11.9. The summed E-state index contributed by atoms with van der Waals surface area (Å²) in [6.45, 7) is 0. The molecule has 5 heteroatoms. The fourth-order valence-corrected chi connectivity index (χ4v) is 3.60. The van der Waals surface area contributed by atoms with Crippen LogP contribution in [0.15, 0.2) is 60.7 Å². The van der Waals surface area contributed by atoms with Crippen molar-refractivity contribution in [2.24, 2.45) is 0 Å². The first-order valence-corrected chi connectivity index (χ1v) is 8.72. The Hall–Kier alpha value is -1.30. The molecule has 2 rings (SSSR count). The van der Waals surface area contributed by atoms with E-state index in [0.717, 1.165) is 11.3 Å². The molecule has 2 aromatic rings. The Bertz CT molecular complexity index is 572. The number of thiocarbonyl (C=S) groups is 1. The van der Waals surface area contributed by atoms with Crippen LogP contribution in [0.25, 0.3) is 0 Å². The molecule has 0 unspecified atom stereocenters. The van der Waals surface area contributed by atoms with Crippen LogP contribution >= 0.6 is 33.8 Å². The maximum absolute atomic E-state index is 11.9. The Morgan fingerprint density at radius 3 is 2.25 bits per heavy atom. The van der Waals surface area contributed by atoms with Gasteiger partial charge >= 0.3 is 0 Å². The molecular weight excluding hydrogens is 306 g/mol. The quantitative estimate of drug-likeness (QED) is 0.492. The van der Waals surface area contributed by atoms with Crippen LogP contribution in [0.2, 0.25) is 0 Å². The molecule has 2 aromatic carbocycles. The number of para-hydroxylation sites is 1. The van der Waals surface area contributed by atoms with Crippen molar-refractivity contribution in [3.63, 3.8) is 0 Å². The van der Waals surface area contributed by atoms with E-state index in [0.29, 0.717) is 10.1 Å². The minimum atomic E-state index is 0.116. The number of benzene rings is 2. The lowest BCUT2D eigenvalue weighted by Gasteiger charge is -2.06. The van der Waals surface area contributed by atoms with Gasteiger partial charge in [-0.2, -0.15) is 0 Å². The van der Waals surface area contributed by atoms with Gasteiger partial charge in [-0.3, -0.25) is 4.79 Å². The van der Waals surface area contributed by atoms with Crippen molar-refractivity contribution in [2.75, 3.05) is 11.1 Å². The molecule has 0 saturated carbocycles. The highest BCUT2D eigenvalue weighted by Crippen LogP contribution is 2.25. The zero-order chi connectivity index (χ0) is 14.2. The van der Waals surface area contributed by atoms with Gasteiger partial charge in [0, 0.05) is 11.3 Å². The number of anilines is 1. The second-order valence-electron chi connectivity index (χ2n) is 3.91. The number of rotatable bonds is 5. The summed E-state index contributed by atoms with van der Waals surface area (Å²) >= 11 is 5.22. The van der Waals surface area contributed by atoms with Crippen molar-refractivity contribution >= 4 is 49.6 Å². The van der Waals surface area contributed by atoms with E-state index in [1.165, 1.54) is 21.6 Å². The molecule has 20 heavy (non-hydrogen) atoms. The fourth-order valence-electron chi connectivity index (χ4n) is 1.50. The molecule has 0 heterocycles. The number of nitrogens with one attached hydrogen (secondary N) is 1. The third-order valence-electron chi connectivity index (χ3n) is 2.44. The van der Waals surface area contributed by atoms with Gasteiger partial charge in [-0.25, -0.2) is 0 Å². The maximum atomic E-state index is 11.9. The number of hydrogen-bond donors (Lipinski definition) is 1. The predicted octanol–water partition coefficient (Wildman–Crippen LogP) is 4.65. The molecule has 0 spiro atoms. The molecule has 0 aliphatic heterocycles. The second-order valence-corrected chi connectivity index (χ2v) is 6.89. The number of ketones is 1. The van der Waals surface area contributed by atoms with Crippen LogP contribution in [0.4, 0.5) is 5.69 Å². The van der Waals surface area contributed by atoms with Gasteiger partial charge in [-0.05, 0) is 22.9 Å². The van der Waals surface area contributed by atoms with Crippen LogP contribution in [0.5, 0.6) is 0 Å². The molecular formula is C15H13NOS3. The van der Waals surface area contributed by atoms with Crippen molar-refractivity contribution in [3.05, 3.63) is 66.2 Å². The topological polar surface area (TPSA) is 29.1 Å². The van der Waals surface area contributed by atoms with Crippen LogP contribution in [-0.4, -0.2) is 15.9 Å². The SMILES string of the molecule is O=C(CSSC(=S)Nc1ccccc1)c1ccccc1. The van der Waals surface area contributed by atoms with Gasteiger partial charge in [0.15, 0.2) is 5.78 Å². The van der Waals surface area contributed by atoms with Crippen molar-refractivity contribution < 1.29 is 4.79 Å². The maximum Gasteiger partial charge on any atom is 0.173 e. The minimum absolute atomic E-state index is 0.116. The van der Waals surface area contributed by atoms with E-state index in [9.17, 15) is 4.79 Å². The van der Waals surface area contributed by atoms with E-state index >= 15 is 0 Å². The summed E-state index contributed by atoms with van der Waals surface area (Å²) in [5.74, 6) is 0.524.